The van der Waals surface area contributed by atoms with Crippen LogP contribution in [0.2, 0.25) is 0 Å². The quantitative estimate of drug-likeness (QED) is 0.642. The summed E-state index contributed by atoms with van der Waals surface area (Å²) >= 11 is 0. The van der Waals surface area contributed by atoms with Crippen LogP contribution >= 0.6 is 0 Å². The van der Waals surface area contributed by atoms with Gasteiger partial charge in [0.2, 0.25) is 5.91 Å². The van der Waals surface area contributed by atoms with E-state index in [1.54, 1.807) is 0 Å². The number of hydrogen-bond acceptors (Lipinski definition) is 3. The second-order valence-electron chi connectivity index (χ2n) is 5.37. The smallest absolute Gasteiger partial charge is 0.307 e. The lowest BCUT2D eigenvalue weighted by Crippen LogP contribution is -2.28. The molecule has 0 aromatic rings. The average molecular weight is 257 g/mol. The summed E-state index contributed by atoms with van der Waals surface area (Å²) in [6, 6.07) is 0. The molecule has 0 aromatic carbocycles. The first-order valence-electron chi connectivity index (χ1n) is 6.51. The normalized spacial score (nSPS) is 24.6. The topological polar surface area (TPSA) is 75.6 Å². The molecular formula is C13H23NO4. The number of nitrogens with one attached hydrogen (secondary N) is 1. The lowest BCUT2D eigenvalue weighted by molar-refractivity contribution is -0.140. The Morgan fingerprint density at radius 3 is 2.44 bits per heavy atom. The molecule has 1 fully saturated rings. The minimum Gasteiger partial charge on any atom is -0.481 e. The van der Waals surface area contributed by atoms with Crippen molar-refractivity contribution >= 4 is 11.9 Å². The Morgan fingerprint density at radius 2 is 1.94 bits per heavy atom. The third-order valence-electron chi connectivity index (χ3n) is 3.49. The zero-order valence-electron chi connectivity index (χ0n) is 11.4. The van der Waals surface area contributed by atoms with Crippen LogP contribution < -0.4 is 5.32 Å². The predicted molar refractivity (Wildman–Crippen MR) is 67.1 cm³/mol. The molecule has 1 aliphatic rings. The van der Waals surface area contributed by atoms with Crippen molar-refractivity contribution in [1.29, 1.82) is 0 Å². The highest BCUT2D eigenvalue weighted by Crippen LogP contribution is 2.58. The van der Waals surface area contributed by atoms with Gasteiger partial charge in [0.15, 0.2) is 0 Å². The summed E-state index contributed by atoms with van der Waals surface area (Å²) in [5.41, 5.74) is -0.422. The Bertz CT molecular complexity index is 314. The molecule has 2 N–H and O–H groups in total. The van der Waals surface area contributed by atoms with Crippen LogP contribution in [0.1, 0.15) is 33.6 Å². The van der Waals surface area contributed by atoms with Crippen LogP contribution in [0.25, 0.3) is 0 Å². The van der Waals surface area contributed by atoms with Crippen LogP contribution in [0.5, 0.6) is 0 Å². The molecule has 5 heteroatoms. The molecule has 0 spiro atoms. The van der Waals surface area contributed by atoms with Gasteiger partial charge in [-0.05, 0) is 18.3 Å². The van der Waals surface area contributed by atoms with Gasteiger partial charge in [0.25, 0.3) is 0 Å². The summed E-state index contributed by atoms with van der Waals surface area (Å²) in [6.45, 7) is 7.60. The minimum atomic E-state index is -0.883. The molecule has 1 amide bonds. The zero-order chi connectivity index (χ0) is 13.8. The maximum absolute atomic E-state index is 11.8. The molecule has 0 aliphatic heterocycles. The summed E-state index contributed by atoms with van der Waals surface area (Å²) < 4.78 is 5.30. The maximum Gasteiger partial charge on any atom is 0.307 e. The van der Waals surface area contributed by atoms with E-state index < -0.39 is 23.2 Å². The molecule has 0 heterocycles. The molecule has 0 bridgehead atoms. The monoisotopic (exact) mass is 257 g/mol. The SMILES string of the molecule is CCCOCCCNC(=O)[C@H]1[C@@H](C(=O)O)C1(C)C. The molecule has 1 saturated carbocycles. The van der Waals surface area contributed by atoms with Crippen LogP contribution in [0, 0.1) is 17.3 Å². The second-order valence-corrected chi connectivity index (χ2v) is 5.37. The Balaban J connectivity index is 2.21. The Morgan fingerprint density at radius 1 is 1.28 bits per heavy atom. The predicted octanol–water partition coefficient (Wildman–Crippen LogP) is 1.28. The standard InChI is InChI=1S/C13H23NO4/c1-4-7-18-8-5-6-14-11(15)9-10(12(16)17)13(9,2)3/h9-10H,4-8H2,1-3H3,(H,14,15)(H,16,17)/t9-,10+/m1/s1. The second kappa shape index (κ2) is 6.18. The van der Waals surface area contributed by atoms with E-state index in [2.05, 4.69) is 5.32 Å². The van der Waals surface area contributed by atoms with Gasteiger partial charge >= 0.3 is 5.97 Å². The molecule has 2 atom stereocenters. The third kappa shape index (κ3) is 3.45. The number of carboxylic acids is 1. The molecular weight excluding hydrogens is 234 g/mol. The fourth-order valence-corrected chi connectivity index (χ4v) is 2.33. The van der Waals surface area contributed by atoms with Crippen LogP contribution in [-0.2, 0) is 14.3 Å². The van der Waals surface area contributed by atoms with Crippen molar-refractivity contribution in [2.45, 2.75) is 33.6 Å². The molecule has 0 radical (unpaired) electrons. The average Bonchev–Trinajstić information content (AvgIpc) is 2.86. The zero-order valence-corrected chi connectivity index (χ0v) is 11.4. The number of hydrogen-bond donors (Lipinski definition) is 2. The number of rotatable bonds is 8. The Kier molecular flexibility index (Phi) is 5.14. The summed E-state index contributed by atoms with van der Waals surface area (Å²) in [5, 5.41) is 11.8. The third-order valence-corrected chi connectivity index (χ3v) is 3.49. The molecule has 0 unspecified atom stereocenters. The van der Waals surface area contributed by atoms with E-state index >= 15 is 0 Å². The highest BCUT2D eigenvalue weighted by molar-refractivity contribution is 5.91. The summed E-state index contributed by atoms with van der Waals surface area (Å²) in [6.07, 6.45) is 1.75. The number of aliphatic carboxylic acids is 1. The first-order valence-corrected chi connectivity index (χ1v) is 6.51. The van der Waals surface area contributed by atoms with Crippen molar-refractivity contribution in [3.8, 4) is 0 Å². The van der Waals surface area contributed by atoms with Gasteiger partial charge < -0.3 is 15.2 Å². The highest BCUT2D eigenvalue weighted by atomic mass is 16.5. The number of amides is 1. The van der Waals surface area contributed by atoms with Crippen LogP contribution in [0.3, 0.4) is 0 Å². The van der Waals surface area contributed by atoms with Crippen LogP contribution in [-0.4, -0.2) is 36.7 Å². The van der Waals surface area contributed by atoms with Gasteiger partial charge in [0.1, 0.15) is 0 Å². The molecule has 18 heavy (non-hydrogen) atoms. The molecule has 0 aromatic heterocycles. The van der Waals surface area contributed by atoms with Gasteiger partial charge in [-0.25, -0.2) is 0 Å². The van der Waals surface area contributed by atoms with Crippen molar-refractivity contribution in [3.05, 3.63) is 0 Å². The largest absolute Gasteiger partial charge is 0.481 e. The molecule has 1 aliphatic carbocycles. The summed E-state index contributed by atoms with van der Waals surface area (Å²) in [7, 11) is 0. The maximum atomic E-state index is 11.8. The van der Waals surface area contributed by atoms with Crippen molar-refractivity contribution in [2.75, 3.05) is 19.8 Å². The molecule has 5 nitrogen and oxygen atoms in total. The van der Waals surface area contributed by atoms with Gasteiger partial charge in [-0.3, -0.25) is 9.59 Å². The lowest BCUT2D eigenvalue weighted by Gasteiger charge is -2.06. The van der Waals surface area contributed by atoms with Gasteiger partial charge in [-0.2, -0.15) is 0 Å². The van der Waals surface area contributed by atoms with Gasteiger partial charge in [-0.15, -0.1) is 0 Å². The van der Waals surface area contributed by atoms with Gasteiger partial charge in [0, 0.05) is 19.8 Å². The lowest BCUT2D eigenvalue weighted by atomic mass is 10.1. The fraction of sp³-hybridized carbons (Fsp3) is 0.846. The fourth-order valence-electron chi connectivity index (χ4n) is 2.33. The first-order chi connectivity index (χ1) is 8.42. The van der Waals surface area contributed by atoms with E-state index in [9.17, 15) is 9.59 Å². The molecule has 1 rings (SSSR count). The van der Waals surface area contributed by atoms with Crippen molar-refractivity contribution in [1.82, 2.24) is 5.32 Å². The van der Waals surface area contributed by atoms with E-state index in [-0.39, 0.29) is 5.91 Å². The van der Waals surface area contributed by atoms with Crippen LogP contribution in [0.15, 0.2) is 0 Å². The summed E-state index contributed by atoms with van der Waals surface area (Å²) in [5.74, 6) is -1.98. The number of ether oxygens (including phenoxy) is 1. The number of carbonyl (C=O) groups is 2. The number of carboxylic acid groups (broad SMARTS) is 1. The highest BCUT2D eigenvalue weighted by Gasteiger charge is 2.65. The Labute approximate surface area is 108 Å². The summed E-state index contributed by atoms with van der Waals surface area (Å²) in [4.78, 5) is 22.7. The van der Waals surface area contributed by atoms with Gasteiger partial charge in [-0.1, -0.05) is 20.8 Å². The first kappa shape index (κ1) is 15.0. The van der Waals surface area contributed by atoms with Crippen LogP contribution in [0.4, 0.5) is 0 Å². The Hall–Kier alpha value is -1.10. The molecule has 104 valence electrons. The number of carbonyl (C=O) groups excluding carboxylic acids is 1. The van der Waals surface area contributed by atoms with E-state index in [1.807, 2.05) is 20.8 Å². The van der Waals surface area contributed by atoms with Crippen molar-refractivity contribution in [3.63, 3.8) is 0 Å². The van der Waals surface area contributed by atoms with E-state index in [1.165, 1.54) is 0 Å². The van der Waals surface area contributed by atoms with Crippen molar-refractivity contribution < 1.29 is 19.4 Å². The van der Waals surface area contributed by atoms with Crippen molar-refractivity contribution in [2.24, 2.45) is 17.3 Å². The van der Waals surface area contributed by atoms with Gasteiger partial charge in [0.05, 0.1) is 11.8 Å². The van der Waals surface area contributed by atoms with E-state index in [0.717, 1.165) is 19.4 Å². The van der Waals surface area contributed by atoms with E-state index in [0.29, 0.717) is 13.2 Å². The minimum absolute atomic E-state index is 0.150. The van der Waals surface area contributed by atoms with E-state index in [4.69, 9.17) is 9.84 Å². The molecule has 0 saturated heterocycles.